The van der Waals surface area contributed by atoms with Crippen LogP contribution in [0.15, 0.2) is 24.3 Å². The largest absolute Gasteiger partial charge is 0.491 e. The molecule has 1 aromatic carbocycles. The van der Waals surface area contributed by atoms with E-state index in [1.165, 1.54) is 12.0 Å². The van der Waals surface area contributed by atoms with Crippen LogP contribution in [0.4, 0.5) is 0 Å². The van der Waals surface area contributed by atoms with Crippen LogP contribution in [-0.2, 0) is 0 Å². The average molecular weight is 267 g/mol. The summed E-state index contributed by atoms with van der Waals surface area (Å²) in [7, 11) is 0. The maximum Gasteiger partial charge on any atom is 0.119 e. The lowest BCUT2D eigenvalue weighted by atomic mass is 10.1. The van der Waals surface area contributed by atoms with Gasteiger partial charge in [-0.15, -0.1) is 0 Å². The minimum atomic E-state index is 0.108. The van der Waals surface area contributed by atoms with E-state index in [1.54, 1.807) is 0 Å². The summed E-state index contributed by atoms with van der Waals surface area (Å²) >= 11 is 1.94. The quantitative estimate of drug-likeness (QED) is 0.811. The van der Waals surface area contributed by atoms with Gasteiger partial charge in [0, 0.05) is 17.0 Å². The molecule has 2 atom stereocenters. The van der Waals surface area contributed by atoms with Crippen LogP contribution in [0.5, 0.6) is 5.75 Å². The van der Waals surface area contributed by atoms with E-state index in [0.717, 1.165) is 11.5 Å². The first-order valence-electron chi connectivity index (χ1n) is 6.66. The summed E-state index contributed by atoms with van der Waals surface area (Å²) in [5.41, 5.74) is 7.37. The summed E-state index contributed by atoms with van der Waals surface area (Å²) < 4.78 is 5.62. The van der Waals surface area contributed by atoms with Gasteiger partial charge >= 0.3 is 0 Å². The number of benzene rings is 1. The van der Waals surface area contributed by atoms with E-state index in [1.807, 2.05) is 37.7 Å². The fourth-order valence-electron chi connectivity index (χ4n) is 1.55. The Kier molecular flexibility index (Phi) is 6.58. The van der Waals surface area contributed by atoms with Crippen LogP contribution in [0, 0.1) is 0 Å². The highest BCUT2D eigenvalue weighted by atomic mass is 32.2. The summed E-state index contributed by atoms with van der Waals surface area (Å²) in [5.74, 6) is 1.88. The second-order valence-corrected chi connectivity index (χ2v) is 6.37. The SMILES string of the molecule is CCC(C)SCC(N)c1ccc(OC(C)C)cc1. The number of ether oxygens (including phenoxy) is 1. The van der Waals surface area contributed by atoms with E-state index < -0.39 is 0 Å². The highest BCUT2D eigenvalue weighted by Crippen LogP contribution is 2.23. The standard InChI is InChI=1S/C15H25NOS/c1-5-12(4)18-10-15(16)13-6-8-14(9-7-13)17-11(2)3/h6-9,11-12,15H,5,10,16H2,1-4H3. The molecule has 1 rings (SSSR count). The van der Waals surface area contributed by atoms with Crippen molar-refractivity contribution in [3.8, 4) is 5.75 Å². The Morgan fingerprint density at radius 2 is 1.78 bits per heavy atom. The van der Waals surface area contributed by atoms with E-state index >= 15 is 0 Å². The summed E-state index contributed by atoms with van der Waals surface area (Å²) in [6, 6.07) is 8.25. The molecule has 0 saturated carbocycles. The van der Waals surface area contributed by atoms with E-state index in [4.69, 9.17) is 10.5 Å². The normalized spacial score (nSPS) is 14.6. The molecule has 0 aromatic heterocycles. The van der Waals surface area contributed by atoms with Gasteiger partial charge in [0.15, 0.2) is 0 Å². The van der Waals surface area contributed by atoms with Crippen LogP contribution in [-0.4, -0.2) is 17.1 Å². The van der Waals surface area contributed by atoms with Crippen molar-refractivity contribution in [2.45, 2.75) is 51.5 Å². The van der Waals surface area contributed by atoms with E-state index in [0.29, 0.717) is 5.25 Å². The Balaban J connectivity index is 2.50. The summed E-state index contributed by atoms with van der Waals surface area (Å²) in [4.78, 5) is 0. The Bertz CT molecular complexity index is 337. The minimum Gasteiger partial charge on any atom is -0.491 e. The predicted molar refractivity (Wildman–Crippen MR) is 81.3 cm³/mol. The molecule has 18 heavy (non-hydrogen) atoms. The Morgan fingerprint density at radius 3 is 2.28 bits per heavy atom. The molecule has 0 aliphatic rings. The monoisotopic (exact) mass is 267 g/mol. The number of thioether (sulfide) groups is 1. The first kappa shape index (κ1) is 15.4. The molecular weight excluding hydrogens is 242 g/mol. The second kappa shape index (κ2) is 7.70. The third-order valence-electron chi connectivity index (χ3n) is 2.82. The Hall–Kier alpha value is -0.670. The molecule has 0 spiro atoms. The zero-order valence-corrected chi connectivity index (χ0v) is 12.7. The lowest BCUT2D eigenvalue weighted by Gasteiger charge is -2.16. The third-order valence-corrected chi connectivity index (χ3v) is 4.27. The van der Waals surface area contributed by atoms with Gasteiger partial charge in [0.05, 0.1) is 6.10 Å². The zero-order chi connectivity index (χ0) is 13.5. The molecule has 102 valence electrons. The van der Waals surface area contributed by atoms with Crippen molar-refractivity contribution < 1.29 is 4.74 Å². The van der Waals surface area contributed by atoms with Crippen LogP contribution in [0.25, 0.3) is 0 Å². The average Bonchev–Trinajstić information content (AvgIpc) is 2.35. The van der Waals surface area contributed by atoms with Gasteiger partial charge in [-0.1, -0.05) is 26.0 Å². The summed E-state index contributed by atoms with van der Waals surface area (Å²) in [6.45, 7) is 8.52. The van der Waals surface area contributed by atoms with Gasteiger partial charge in [-0.05, 0) is 38.0 Å². The van der Waals surface area contributed by atoms with Crippen LogP contribution in [0.1, 0.15) is 45.7 Å². The molecule has 1 aromatic rings. The van der Waals surface area contributed by atoms with Gasteiger partial charge in [-0.3, -0.25) is 0 Å². The van der Waals surface area contributed by atoms with Crippen molar-refractivity contribution in [3.63, 3.8) is 0 Å². The lowest BCUT2D eigenvalue weighted by molar-refractivity contribution is 0.242. The molecule has 0 saturated heterocycles. The molecule has 0 radical (unpaired) electrons. The molecule has 0 bridgehead atoms. The van der Waals surface area contributed by atoms with Crippen LogP contribution in [0.3, 0.4) is 0 Å². The van der Waals surface area contributed by atoms with Crippen molar-refractivity contribution in [2.24, 2.45) is 5.73 Å². The number of nitrogens with two attached hydrogens (primary N) is 1. The predicted octanol–water partition coefficient (Wildman–Crippen LogP) is 4.01. The first-order valence-corrected chi connectivity index (χ1v) is 7.71. The fourth-order valence-corrected chi connectivity index (χ4v) is 2.51. The molecule has 3 heteroatoms. The topological polar surface area (TPSA) is 35.2 Å². The lowest BCUT2D eigenvalue weighted by Crippen LogP contribution is -2.14. The van der Waals surface area contributed by atoms with E-state index in [2.05, 4.69) is 26.0 Å². The first-order chi connectivity index (χ1) is 8.52. The smallest absolute Gasteiger partial charge is 0.119 e. The minimum absolute atomic E-state index is 0.108. The summed E-state index contributed by atoms with van der Waals surface area (Å²) in [5, 5.41) is 0.680. The molecule has 2 unspecified atom stereocenters. The van der Waals surface area contributed by atoms with E-state index in [9.17, 15) is 0 Å². The Labute approximate surface area is 115 Å². The van der Waals surface area contributed by atoms with Gasteiger partial charge < -0.3 is 10.5 Å². The van der Waals surface area contributed by atoms with Crippen molar-refractivity contribution >= 4 is 11.8 Å². The van der Waals surface area contributed by atoms with Crippen molar-refractivity contribution in [1.29, 1.82) is 0 Å². The summed E-state index contributed by atoms with van der Waals surface area (Å²) in [6.07, 6.45) is 1.41. The number of rotatable bonds is 7. The van der Waals surface area contributed by atoms with Gasteiger partial charge in [-0.25, -0.2) is 0 Å². The molecule has 0 heterocycles. The fraction of sp³-hybridized carbons (Fsp3) is 0.600. The molecule has 0 fully saturated rings. The van der Waals surface area contributed by atoms with Gasteiger partial charge in [0.1, 0.15) is 5.75 Å². The second-order valence-electron chi connectivity index (χ2n) is 4.89. The molecule has 0 aliphatic heterocycles. The molecule has 0 aliphatic carbocycles. The van der Waals surface area contributed by atoms with Crippen molar-refractivity contribution in [2.75, 3.05) is 5.75 Å². The Morgan fingerprint density at radius 1 is 1.17 bits per heavy atom. The van der Waals surface area contributed by atoms with Crippen molar-refractivity contribution in [1.82, 2.24) is 0 Å². The van der Waals surface area contributed by atoms with Crippen LogP contribution >= 0.6 is 11.8 Å². The van der Waals surface area contributed by atoms with Crippen molar-refractivity contribution in [3.05, 3.63) is 29.8 Å². The van der Waals surface area contributed by atoms with Crippen LogP contribution < -0.4 is 10.5 Å². The number of hydrogen-bond donors (Lipinski definition) is 1. The van der Waals surface area contributed by atoms with Gasteiger partial charge in [-0.2, -0.15) is 11.8 Å². The molecule has 2 N–H and O–H groups in total. The maximum absolute atomic E-state index is 6.19. The van der Waals surface area contributed by atoms with Gasteiger partial charge in [0.2, 0.25) is 0 Å². The third kappa shape index (κ3) is 5.32. The maximum atomic E-state index is 6.19. The van der Waals surface area contributed by atoms with Crippen LogP contribution in [0.2, 0.25) is 0 Å². The number of hydrogen-bond acceptors (Lipinski definition) is 3. The highest BCUT2D eigenvalue weighted by molar-refractivity contribution is 7.99. The molecule has 2 nitrogen and oxygen atoms in total. The molecule has 0 amide bonds. The zero-order valence-electron chi connectivity index (χ0n) is 11.8. The highest BCUT2D eigenvalue weighted by Gasteiger charge is 2.08. The van der Waals surface area contributed by atoms with E-state index in [-0.39, 0.29) is 12.1 Å². The molecular formula is C15H25NOS. The van der Waals surface area contributed by atoms with Gasteiger partial charge in [0.25, 0.3) is 0 Å².